The molecule has 0 aliphatic rings. The van der Waals surface area contributed by atoms with Gasteiger partial charge in [-0.2, -0.15) is 5.10 Å². The summed E-state index contributed by atoms with van der Waals surface area (Å²) in [5.74, 6) is -2.79. The molecule has 2 aromatic carbocycles. The highest BCUT2D eigenvalue weighted by atomic mass is 35.5. The number of hydrogen-bond donors (Lipinski definition) is 1. The second-order valence-corrected chi connectivity index (χ2v) is 7.34. The van der Waals surface area contributed by atoms with Crippen LogP contribution in [0.1, 0.15) is 46.6 Å². The lowest BCUT2D eigenvalue weighted by Crippen LogP contribution is -2.13. The highest BCUT2D eigenvalue weighted by Gasteiger charge is 2.19. The van der Waals surface area contributed by atoms with Crippen molar-refractivity contribution in [3.63, 3.8) is 0 Å². The average Bonchev–Trinajstić information content (AvgIpc) is 3.05. The number of carboxylic acids is 1. The molecule has 0 fully saturated rings. The first-order chi connectivity index (χ1) is 13.8. The number of aryl methyl sites for hydroxylation is 2. The largest absolute Gasteiger partial charge is 0.478 e. The van der Waals surface area contributed by atoms with Crippen LogP contribution in [0.5, 0.6) is 0 Å². The van der Waals surface area contributed by atoms with E-state index in [1.165, 1.54) is 12.1 Å². The normalized spacial score (nSPS) is 12.0. The van der Waals surface area contributed by atoms with Crippen molar-refractivity contribution < 1.29 is 19.1 Å². The standard InChI is InChI=1S/C22H20ClFN2O3/c1-13-10-18(26(25-13)17-5-3-4-16(23)12-17)7-9-21(27)14(2)15-6-8-19(22(28)29)20(24)11-15/h3-6,8,10-12,14H,7,9H2,1-2H3,(H,28,29). The van der Waals surface area contributed by atoms with Crippen molar-refractivity contribution in [2.75, 3.05) is 0 Å². The van der Waals surface area contributed by atoms with Crippen LogP contribution in [-0.4, -0.2) is 26.6 Å². The molecule has 29 heavy (non-hydrogen) atoms. The van der Waals surface area contributed by atoms with Gasteiger partial charge in [-0.25, -0.2) is 13.9 Å². The van der Waals surface area contributed by atoms with Gasteiger partial charge < -0.3 is 5.11 Å². The van der Waals surface area contributed by atoms with Crippen molar-refractivity contribution in [2.24, 2.45) is 0 Å². The Kier molecular flexibility index (Phi) is 6.13. The minimum atomic E-state index is -1.34. The van der Waals surface area contributed by atoms with Crippen LogP contribution < -0.4 is 0 Å². The first-order valence-electron chi connectivity index (χ1n) is 9.13. The first kappa shape index (κ1) is 20.7. The van der Waals surface area contributed by atoms with Gasteiger partial charge in [-0.15, -0.1) is 0 Å². The Hall–Kier alpha value is -2.99. The summed E-state index contributed by atoms with van der Waals surface area (Å²) in [4.78, 5) is 23.6. The third-order valence-corrected chi connectivity index (χ3v) is 5.03. The molecule has 1 aromatic heterocycles. The van der Waals surface area contributed by atoms with Crippen LogP contribution in [-0.2, 0) is 11.2 Å². The summed E-state index contributed by atoms with van der Waals surface area (Å²) in [7, 11) is 0. The number of carboxylic acid groups (broad SMARTS) is 1. The fraction of sp³-hybridized carbons (Fsp3) is 0.227. The number of carbonyl (C=O) groups excluding carboxylic acids is 1. The number of rotatable bonds is 7. The highest BCUT2D eigenvalue weighted by Crippen LogP contribution is 2.23. The average molecular weight is 415 g/mol. The zero-order valence-corrected chi connectivity index (χ0v) is 16.8. The Balaban J connectivity index is 1.74. The van der Waals surface area contributed by atoms with E-state index >= 15 is 0 Å². The van der Waals surface area contributed by atoms with Crippen molar-refractivity contribution in [3.8, 4) is 5.69 Å². The Morgan fingerprint density at radius 3 is 2.62 bits per heavy atom. The van der Waals surface area contributed by atoms with Crippen LogP contribution in [0.25, 0.3) is 5.69 Å². The van der Waals surface area contributed by atoms with Crippen molar-refractivity contribution in [1.82, 2.24) is 9.78 Å². The minimum absolute atomic E-state index is 0.0658. The Labute approximate surface area is 172 Å². The van der Waals surface area contributed by atoms with Gasteiger partial charge >= 0.3 is 5.97 Å². The number of halogens is 2. The molecule has 5 nitrogen and oxygen atoms in total. The molecule has 0 aliphatic carbocycles. The molecule has 0 saturated carbocycles. The van der Waals surface area contributed by atoms with E-state index in [1.54, 1.807) is 23.7 Å². The van der Waals surface area contributed by atoms with Gasteiger partial charge in [0.1, 0.15) is 11.6 Å². The molecule has 1 atom stereocenters. The Bertz CT molecular complexity index is 1080. The van der Waals surface area contributed by atoms with Gasteiger partial charge in [-0.05, 0) is 55.3 Å². The molecular weight excluding hydrogens is 395 g/mol. The maximum absolute atomic E-state index is 13.9. The molecule has 0 bridgehead atoms. The first-order valence-corrected chi connectivity index (χ1v) is 9.51. The summed E-state index contributed by atoms with van der Waals surface area (Å²) in [6.45, 7) is 3.57. The molecule has 1 N–H and O–H groups in total. The predicted octanol–water partition coefficient (Wildman–Crippen LogP) is 4.98. The van der Waals surface area contributed by atoms with Crippen molar-refractivity contribution >= 4 is 23.4 Å². The van der Waals surface area contributed by atoms with Crippen LogP contribution in [0.3, 0.4) is 0 Å². The molecule has 0 saturated heterocycles. The van der Waals surface area contributed by atoms with E-state index in [4.69, 9.17) is 16.7 Å². The highest BCUT2D eigenvalue weighted by molar-refractivity contribution is 6.30. The number of aromatic nitrogens is 2. The van der Waals surface area contributed by atoms with Crippen molar-refractivity contribution in [1.29, 1.82) is 0 Å². The van der Waals surface area contributed by atoms with Crippen LogP contribution in [0.4, 0.5) is 4.39 Å². The van der Waals surface area contributed by atoms with Gasteiger partial charge in [0, 0.05) is 23.1 Å². The summed E-state index contributed by atoms with van der Waals surface area (Å²) in [6, 6.07) is 13.0. The quantitative estimate of drug-likeness (QED) is 0.592. The third-order valence-electron chi connectivity index (χ3n) is 4.79. The number of Topliss-reactive ketones (excluding diaryl/α,β-unsaturated/α-hetero) is 1. The van der Waals surface area contributed by atoms with Crippen molar-refractivity contribution in [2.45, 2.75) is 32.6 Å². The minimum Gasteiger partial charge on any atom is -0.478 e. The lowest BCUT2D eigenvalue weighted by Gasteiger charge is -2.12. The zero-order valence-electron chi connectivity index (χ0n) is 16.0. The topological polar surface area (TPSA) is 72.2 Å². The Morgan fingerprint density at radius 1 is 1.21 bits per heavy atom. The van der Waals surface area contributed by atoms with E-state index in [0.717, 1.165) is 23.1 Å². The molecule has 0 spiro atoms. The maximum atomic E-state index is 13.9. The molecular formula is C22H20ClFN2O3. The lowest BCUT2D eigenvalue weighted by atomic mass is 9.92. The fourth-order valence-electron chi connectivity index (χ4n) is 3.19. The number of hydrogen-bond acceptors (Lipinski definition) is 3. The van der Waals surface area contributed by atoms with Gasteiger partial charge in [-0.1, -0.05) is 30.7 Å². The van der Waals surface area contributed by atoms with Gasteiger partial charge in [0.15, 0.2) is 0 Å². The molecule has 7 heteroatoms. The van der Waals surface area contributed by atoms with Crippen LogP contribution in [0.15, 0.2) is 48.5 Å². The molecule has 1 unspecified atom stereocenters. The number of nitrogens with zero attached hydrogens (tertiary/aromatic N) is 2. The number of aromatic carboxylic acids is 1. The van der Waals surface area contributed by atoms with E-state index in [0.29, 0.717) is 17.0 Å². The van der Waals surface area contributed by atoms with Gasteiger partial charge in [0.2, 0.25) is 0 Å². The molecule has 1 heterocycles. The van der Waals surface area contributed by atoms with Gasteiger partial charge in [0.25, 0.3) is 0 Å². The molecule has 3 aromatic rings. The zero-order chi connectivity index (χ0) is 21.1. The van der Waals surface area contributed by atoms with Gasteiger partial charge in [-0.3, -0.25) is 4.79 Å². The second kappa shape index (κ2) is 8.57. The van der Waals surface area contributed by atoms with E-state index in [9.17, 15) is 14.0 Å². The maximum Gasteiger partial charge on any atom is 0.338 e. The van der Waals surface area contributed by atoms with Crippen LogP contribution in [0, 0.1) is 12.7 Å². The molecule has 0 amide bonds. The summed E-state index contributed by atoms with van der Waals surface area (Å²) in [5.41, 5.74) is 2.56. The number of benzene rings is 2. The SMILES string of the molecule is Cc1cc(CCC(=O)C(C)c2ccc(C(=O)O)c(F)c2)n(-c2cccc(Cl)c2)n1. The summed E-state index contributed by atoms with van der Waals surface area (Å²) in [5, 5.41) is 14.0. The number of carbonyl (C=O) groups is 2. The monoisotopic (exact) mass is 414 g/mol. The van der Waals surface area contributed by atoms with Crippen molar-refractivity contribution in [3.05, 3.63) is 81.9 Å². The number of ketones is 1. The van der Waals surface area contributed by atoms with E-state index < -0.39 is 23.3 Å². The van der Waals surface area contributed by atoms with E-state index in [2.05, 4.69) is 5.10 Å². The van der Waals surface area contributed by atoms with Gasteiger partial charge in [0.05, 0.1) is 16.9 Å². The second-order valence-electron chi connectivity index (χ2n) is 6.90. The predicted molar refractivity (Wildman–Crippen MR) is 108 cm³/mol. The lowest BCUT2D eigenvalue weighted by molar-refractivity contribution is -0.120. The van der Waals surface area contributed by atoms with Crippen LogP contribution >= 0.6 is 11.6 Å². The molecule has 0 radical (unpaired) electrons. The Morgan fingerprint density at radius 2 is 1.97 bits per heavy atom. The summed E-state index contributed by atoms with van der Waals surface area (Å²) in [6.07, 6.45) is 0.710. The third kappa shape index (κ3) is 4.71. The molecule has 150 valence electrons. The summed E-state index contributed by atoms with van der Waals surface area (Å²) >= 11 is 6.07. The summed E-state index contributed by atoms with van der Waals surface area (Å²) < 4.78 is 15.7. The van der Waals surface area contributed by atoms with E-state index in [-0.39, 0.29) is 12.2 Å². The van der Waals surface area contributed by atoms with Crippen LogP contribution in [0.2, 0.25) is 5.02 Å². The smallest absolute Gasteiger partial charge is 0.338 e. The molecule has 3 rings (SSSR count). The van der Waals surface area contributed by atoms with E-state index in [1.807, 2.05) is 25.1 Å². The molecule has 0 aliphatic heterocycles. The fourth-order valence-corrected chi connectivity index (χ4v) is 3.37.